The Labute approximate surface area is 77.9 Å². The first-order valence-corrected chi connectivity index (χ1v) is 4.59. The van der Waals surface area contributed by atoms with E-state index in [4.69, 9.17) is 4.74 Å². The van der Waals surface area contributed by atoms with E-state index in [1.165, 1.54) is 5.69 Å². The van der Waals surface area contributed by atoms with E-state index in [0.717, 1.165) is 18.9 Å². The normalized spacial score (nSPS) is 21.5. The van der Waals surface area contributed by atoms with Crippen LogP contribution in [0.3, 0.4) is 0 Å². The van der Waals surface area contributed by atoms with Crippen LogP contribution in [0, 0.1) is 0 Å². The van der Waals surface area contributed by atoms with Crippen LogP contribution >= 0.6 is 0 Å². The van der Waals surface area contributed by atoms with E-state index in [0.29, 0.717) is 12.6 Å². The minimum Gasteiger partial charge on any atom is -0.378 e. The summed E-state index contributed by atoms with van der Waals surface area (Å²) < 4.78 is 7.35. The fourth-order valence-corrected chi connectivity index (χ4v) is 1.78. The van der Waals surface area contributed by atoms with Crippen LogP contribution < -0.4 is 5.32 Å². The van der Waals surface area contributed by atoms with Gasteiger partial charge in [0.1, 0.15) is 5.82 Å². The monoisotopic (exact) mass is 181 g/mol. The zero-order chi connectivity index (χ0) is 9.26. The van der Waals surface area contributed by atoms with Crippen molar-refractivity contribution in [2.75, 3.05) is 13.7 Å². The van der Waals surface area contributed by atoms with E-state index >= 15 is 0 Å². The second-order valence-electron chi connectivity index (χ2n) is 3.37. The highest BCUT2D eigenvalue weighted by Gasteiger charge is 2.19. The molecule has 1 aromatic rings. The third-order valence-electron chi connectivity index (χ3n) is 2.43. The molecule has 0 fully saturated rings. The molecular weight excluding hydrogens is 166 g/mol. The van der Waals surface area contributed by atoms with Gasteiger partial charge in [-0.25, -0.2) is 4.98 Å². The molecule has 2 heterocycles. The molecule has 0 bridgehead atoms. The summed E-state index contributed by atoms with van der Waals surface area (Å²) in [5.74, 6) is 1.12. The van der Waals surface area contributed by atoms with Gasteiger partial charge in [-0.1, -0.05) is 0 Å². The van der Waals surface area contributed by atoms with Crippen LogP contribution in [0.2, 0.25) is 0 Å². The standard InChI is InChI=1S/C9H15N3O/c1-7-9-11-5-8(6-13-2)12(9)4-3-10-7/h5,7,10H,3-4,6H2,1-2H3/t7-/m1/s1. The highest BCUT2D eigenvalue weighted by Crippen LogP contribution is 2.17. The van der Waals surface area contributed by atoms with E-state index in [1.807, 2.05) is 6.20 Å². The number of aromatic nitrogens is 2. The molecule has 72 valence electrons. The van der Waals surface area contributed by atoms with Gasteiger partial charge in [-0.2, -0.15) is 0 Å². The molecule has 0 aliphatic carbocycles. The molecule has 0 amide bonds. The Morgan fingerprint density at radius 3 is 3.38 bits per heavy atom. The highest BCUT2D eigenvalue weighted by atomic mass is 16.5. The van der Waals surface area contributed by atoms with E-state index in [9.17, 15) is 0 Å². The highest BCUT2D eigenvalue weighted by molar-refractivity contribution is 5.09. The Kier molecular flexibility index (Phi) is 2.33. The Morgan fingerprint density at radius 2 is 2.62 bits per heavy atom. The molecule has 1 aliphatic heterocycles. The number of nitrogens with zero attached hydrogens (tertiary/aromatic N) is 2. The molecule has 0 spiro atoms. The van der Waals surface area contributed by atoms with Crippen molar-refractivity contribution < 1.29 is 4.74 Å². The van der Waals surface area contributed by atoms with Crippen molar-refractivity contribution >= 4 is 0 Å². The summed E-state index contributed by atoms with van der Waals surface area (Å²) in [6, 6.07) is 0.361. The van der Waals surface area contributed by atoms with Crippen molar-refractivity contribution in [1.82, 2.24) is 14.9 Å². The van der Waals surface area contributed by atoms with Crippen molar-refractivity contribution in [2.24, 2.45) is 0 Å². The van der Waals surface area contributed by atoms with E-state index in [1.54, 1.807) is 7.11 Å². The lowest BCUT2D eigenvalue weighted by molar-refractivity contribution is 0.176. The van der Waals surface area contributed by atoms with Crippen molar-refractivity contribution in [3.63, 3.8) is 0 Å². The molecule has 0 radical (unpaired) electrons. The molecule has 1 aromatic heterocycles. The van der Waals surface area contributed by atoms with Gasteiger partial charge in [0.25, 0.3) is 0 Å². The summed E-state index contributed by atoms with van der Waals surface area (Å²) >= 11 is 0. The molecule has 1 N–H and O–H groups in total. The van der Waals surface area contributed by atoms with Gasteiger partial charge in [-0.05, 0) is 6.92 Å². The van der Waals surface area contributed by atoms with Gasteiger partial charge in [0, 0.05) is 20.2 Å². The molecule has 1 atom stereocenters. The predicted octanol–water partition coefficient (Wildman–Crippen LogP) is 0.694. The van der Waals surface area contributed by atoms with Crippen molar-refractivity contribution in [2.45, 2.75) is 26.1 Å². The Bertz CT molecular complexity index is 295. The molecule has 4 nitrogen and oxygen atoms in total. The topological polar surface area (TPSA) is 39.1 Å². The maximum atomic E-state index is 5.11. The molecule has 0 saturated carbocycles. The van der Waals surface area contributed by atoms with Gasteiger partial charge in [0.15, 0.2) is 0 Å². The van der Waals surface area contributed by atoms with Crippen molar-refractivity contribution in [3.8, 4) is 0 Å². The maximum Gasteiger partial charge on any atom is 0.125 e. The Balaban J connectivity index is 2.30. The molecule has 0 aromatic carbocycles. The van der Waals surface area contributed by atoms with Crippen molar-refractivity contribution in [3.05, 3.63) is 17.7 Å². The first-order chi connectivity index (χ1) is 6.33. The molecule has 0 unspecified atom stereocenters. The zero-order valence-electron chi connectivity index (χ0n) is 8.08. The first-order valence-electron chi connectivity index (χ1n) is 4.59. The third kappa shape index (κ3) is 1.47. The average molecular weight is 181 g/mol. The number of methoxy groups -OCH3 is 1. The third-order valence-corrected chi connectivity index (χ3v) is 2.43. The average Bonchev–Trinajstić information content (AvgIpc) is 2.51. The molecule has 13 heavy (non-hydrogen) atoms. The lowest BCUT2D eigenvalue weighted by Gasteiger charge is -2.23. The lowest BCUT2D eigenvalue weighted by Crippen LogP contribution is -2.32. The Hall–Kier alpha value is -0.870. The molecular formula is C9H15N3O. The number of ether oxygens (including phenoxy) is 1. The van der Waals surface area contributed by atoms with Crippen LogP contribution in [0.25, 0.3) is 0 Å². The number of nitrogens with one attached hydrogen (secondary N) is 1. The van der Waals surface area contributed by atoms with E-state index in [2.05, 4.69) is 21.8 Å². The zero-order valence-corrected chi connectivity index (χ0v) is 8.08. The van der Waals surface area contributed by atoms with Crippen LogP contribution in [0.15, 0.2) is 6.20 Å². The summed E-state index contributed by atoms with van der Waals surface area (Å²) in [7, 11) is 1.71. The predicted molar refractivity (Wildman–Crippen MR) is 49.4 cm³/mol. The smallest absolute Gasteiger partial charge is 0.125 e. The van der Waals surface area contributed by atoms with Crippen LogP contribution in [0.1, 0.15) is 24.5 Å². The largest absolute Gasteiger partial charge is 0.378 e. The van der Waals surface area contributed by atoms with Gasteiger partial charge in [0.2, 0.25) is 0 Å². The molecule has 1 aliphatic rings. The number of rotatable bonds is 2. The number of hydrogen-bond donors (Lipinski definition) is 1. The summed E-state index contributed by atoms with van der Waals surface area (Å²) in [5.41, 5.74) is 1.17. The number of imidazole rings is 1. The van der Waals surface area contributed by atoms with E-state index in [-0.39, 0.29) is 0 Å². The molecule has 4 heteroatoms. The van der Waals surface area contributed by atoms with Gasteiger partial charge in [-0.3, -0.25) is 0 Å². The second-order valence-corrected chi connectivity index (χ2v) is 3.37. The first kappa shape index (κ1) is 8.72. The van der Waals surface area contributed by atoms with Gasteiger partial charge in [0.05, 0.1) is 24.5 Å². The van der Waals surface area contributed by atoms with Gasteiger partial charge >= 0.3 is 0 Å². The quantitative estimate of drug-likeness (QED) is 0.729. The number of hydrogen-bond acceptors (Lipinski definition) is 3. The summed E-state index contributed by atoms with van der Waals surface area (Å²) in [6.45, 7) is 4.80. The Morgan fingerprint density at radius 1 is 1.77 bits per heavy atom. The maximum absolute atomic E-state index is 5.11. The minimum absolute atomic E-state index is 0.361. The minimum atomic E-state index is 0.361. The fraction of sp³-hybridized carbons (Fsp3) is 0.667. The van der Waals surface area contributed by atoms with Crippen LogP contribution in [0.4, 0.5) is 0 Å². The van der Waals surface area contributed by atoms with Crippen molar-refractivity contribution in [1.29, 1.82) is 0 Å². The fourth-order valence-electron chi connectivity index (χ4n) is 1.78. The lowest BCUT2D eigenvalue weighted by atomic mass is 10.2. The summed E-state index contributed by atoms with van der Waals surface area (Å²) in [6.07, 6.45) is 1.91. The number of fused-ring (bicyclic) bond motifs is 1. The van der Waals surface area contributed by atoms with Crippen LogP contribution in [0.5, 0.6) is 0 Å². The van der Waals surface area contributed by atoms with E-state index < -0.39 is 0 Å². The second kappa shape index (κ2) is 3.47. The SMILES string of the molecule is COCc1cnc2n1CCN[C@@H]2C. The van der Waals surface area contributed by atoms with Crippen LogP contribution in [-0.2, 0) is 17.9 Å². The van der Waals surface area contributed by atoms with Gasteiger partial charge < -0.3 is 14.6 Å². The summed E-state index contributed by atoms with van der Waals surface area (Å²) in [4.78, 5) is 4.38. The summed E-state index contributed by atoms with van der Waals surface area (Å²) in [5, 5.41) is 3.37. The van der Waals surface area contributed by atoms with Gasteiger partial charge in [-0.15, -0.1) is 0 Å². The molecule has 0 saturated heterocycles. The molecule has 2 rings (SSSR count). The van der Waals surface area contributed by atoms with Crippen LogP contribution in [-0.4, -0.2) is 23.2 Å².